The zero-order chi connectivity index (χ0) is 20.6. The standard InChI is InChI=1S/C22H22ClNO3S2/c1-28-19-9-6-16(7-10-19)12-13-24-22(25)21-11-8-18(27-21)15-29(26)14-17-4-2-3-5-20(17)23/h2-11H,12-15H2,1H3,(H,24,25)/t29-/m0/s1. The monoisotopic (exact) mass is 447 g/mol. The Balaban J connectivity index is 1.47. The van der Waals surface area contributed by atoms with Crippen LogP contribution in [0.1, 0.15) is 27.4 Å². The van der Waals surface area contributed by atoms with Gasteiger partial charge in [0, 0.05) is 27.3 Å². The van der Waals surface area contributed by atoms with Crippen LogP contribution in [0.15, 0.2) is 70.0 Å². The van der Waals surface area contributed by atoms with E-state index < -0.39 is 10.8 Å². The van der Waals surface area contributed by atoms with E-state index in [1.54, 1.807) is 30.0 Å². The summed E-state index contributed by atoms with van der Waals surface area (Å²) in [6.07, 6.45) is 2.79. The summed E-state index contributed by atoms with van der Waals surface area (Å²) in [5.41, 5.74) is 2.00. The van der Waals surface area contributed by atoms with Crippen molar-refractivity contribution < 1.29 is 13.4 Å². The molecule has 0 bridgehead atoms. The first-order valence-corrected chi connectivity index (χ1v) is 12.2. The molecule has 1 atom stereocenters. The molecular weight excluding hydrogens is 426 g/mol. The summed E-state index contributed by atoms with van der Waals surface area (Å²) in [5, 5.41) is 3.46. The summed E-state index contributed by atoms with van der Waals surface area (Å²) < 4.78 is 18.0. The average molecular weight is 448 g/mol. The normalized spacial score (nSPS) is 11.9. The minimum atomic E-state index is -1.18. The van der Waals surface area contributed by atoms with Gasteiger partial charge in [-0.05, 0) is 54.1 Å². The van der Waals surface area contributed by atoms with Crippen LogP contribution in [0.5, 0.6) is 0 Å². The number of carbonyl (C=O) groups excluding carboxylic acids is 1. The summed E-state index contributed by atoms with van der Waals surface area (Å²) in [4.78, 5) is 13.5. The fraction of sp³-hybridized carbons (Fsp3) is 0.227. The first-order chi connectivity index (χ1) is 14.0. The molecule has 152 valence electrons. The number of nitrogens with one attached hydrogen (secondary N) is 1. The number of furan rings is 1. The molecule has 0 saturated heterocycles. The lowest BCUT2D eigenvalue weighted by atomic mass is 10.1. The van der Waals surface area contributed by atoms with Crippen LogP contribution in [-0.2, 0) is 28.7 Å². The van der Waals surface area contributed by atoms with Gasteiger partial charge in [0.15, 0.2) is 5.76 Å². The summed E-state index contributed by atoms with van der Waals surface area (Å²) >= 11 is 7.81. The number of benzene rings is 2. The maximum atomic E-state index is 12.4. The molecule has 0 aliphatic heterocycles. The summed E-state index contributed by atoms with van der Waals surface area (Å²) in [7, 11) is -1.18. The van der Waals surface area contributed by atoms with Gasteiger partial charge < -0.3 is 9.73 Å². The van der Waals surface area contributed by atoms with Crippen molar-refractivity contribution >= 4 is 40.1 Å². The summed E-state index contributed by atoms with van der Waals surface area (Å²) in [5.74, 6) is 1.06. The molecule has 0 saturated carbocycles. The zero-order valence-electron chi connectivity index (χ0n) is 16.0. The Kier molecular flexibility index (Phi) is 7.98. The van der Waals surface area contributed by atoms with Crippen molar-refractivity contribution in [3.05, 3.63) is 88.3 Å². The molecule has 4 nitrogen and oxygen atoms in total. The number of hydrogen-bond donors (Lipinski definition) is 1. The summed E-state index contributed by atoms with van der Waals surface area (Å²) in [6.45, 7) is 0.520. The van der Waals surface area contributed by atoms with E-state index >= 15 is 0 Å². The first kappa shape index (κ1) is 21.7. The Morgan fingerprint density at radius 3 is 2.55 bits per heavy atom. The van der Waals surface area contributed by atoms with E-state index in [4.69, 9.17) is 16.0 Å². The highest BCUT2D eigenvalue weighted by atomic mass is 35.5. The molecule has 3 aromatic rings. The van der Waals surface area contributed by atoms with Crippen molar-refractivity contribution in [3.63, 3.8) is 0 Å². The third-order valence-electron chi connectivity index (χ3n) is 4.32. The van der Waals surface area contributed by atoms with Crippen molar-refractivity contribution in [3.8, 4) is 0 Å². The molecule has 2 aromatic carbocycles. The van der Waals surface area contributed by atoms with Gasteiger partial charge in [0.25, 0.3) is 5.91 Å². The van der Waals surface area contributed by atoms with Crippen molar-refractivity contribution in [2.75, 3.05) is 12.8 Å². The van der Waals surface area contributed by atoms with Crippen LogP contribution in [0.2, 0.25) is 5.02 Å². The third kappa shape index (κ3) is 6.49. The molecule has 29 heavy (non-hydrogen) atoms. The molecule has 1 aromatic heterocycles. The van der Waals surface area contributed by atoms with Crippen LogP contribution in [0.3, 0.4) is 0 Å². The zero-order valence-corrected chi connectivity index (χ0v) is 18.4. The fourth-order valence-electron chi connectivity index (χ4n) is 2.78. The average Bonchev–Trinajstić information content (AvgIpc) is 3.18. The van der Waals surface area contributed by atoms with Gasteiger partial charge in [0.1, 0.15) is 5.76 Å². The van der Waals surface area contributed by atoms with Crippen molar-refractivity contribution in [1.82, 2.24) is 5.32 Å². The van der Waals surface area contributed by atoms with Crippen LogP contribution >= 0.6 is 23.4 Å². The van der Waals surface area contributed by atoms with Gasteiger partial charge in [-0.2, -0.15) is 0 Å². The first-order valence-electron chi connectivity index (χ1n) is 9.13. The molecule has 1 heterocycles. The number of thioether (sulfide) groups is 1. The predicted molar refractivity (Wildman–Crippen MR) is 120 cm³/mol. The van der Waals surface area contributed by atoms with Crippen molar-refractivity contribution in [2.45, 2.75) is 22.8 Å². The van der Waals surface area contributed by atoms with E-state index in [2.05, 4.69) is 29.6 Å². The van der Waals surface area contributed by atoms with Gasteiger partial charge >= 0.3 is 0 Å². The van der Waals surface area contributed by atoms with Crippen LogP contribution in [0.4, 0.5) is 0 Å². The molecule has 1 amide bonds. The second-order valence-corrected chi connectivity index (χ2v) is 9.18. The highest BCUT2D eigenvalue weighted by Crippen LogP contribution is 2.19. The van der Waals surface area contributed by atoms with E-state index in [0.29, 0.717) is 23.1 Å². The minimum absolute atomic E-state index is 0.229. The molecule has 1 N–H and O–H groups in total. The smallest absolute Gasteiger partial charge is 0.287 e. The number of halogens is 1. The Hall–Kier alpha value is -2.02. The second-order valence-electron chi connectivity index (χ2n) is 6.44. The molecule has 0 unspecified atom stereocenters. The van der Waals surface area contributed by atoms with E-state index in [-0.39, 0.29) is 17.4 Å². The Labute approximate surface area is 182 Å². The molecule has 0 radical (unpaired) electrons. The van der Waals surface area contributed by atoms with E-state index in [1.807, 2.05) is 24.5 Å². The van der Waals surface area contributed by atoms with E-state index in [9.17, 15) is 9.00 Å². The molecule has 0 aliphatic rings. The number of rotatable bonds is 9. The molecule has 0 spiro atoms. The molecule has 0 fully saturated rings. The summed E-state index contributed by atoms with van der Waals surface area (Å²) in [6, 6.07) is 18.9. The quantitative estimate of drug-likeness (QED) is 0.465. The highest BCUT2D eigenvalue weighted by molar-refractivity contribution is 7.98. The maximum Gasteiger partial charge on any atom is 0.287 e. The number of hydrogen-bond acceptors (Lipinski definition) is 4. The van der Waals surface area contributed by atoms with Gasteiger partial charge in [-0.25, -0.2) is 0 Å². The van der Waals surface area contributed by atoms with Crippen LogP contribution < -0.4 is 5.32 Å². The number of carbonyl (C=O) groups is 1. The fourth-order valence-corrected chi connectivity index (χ4v) is 4.64. The second kappa shape index (κ2) is 10.7. The third-order valence-corrected chi connectivity index (χ3v) is 6.67. The van der Waals surface area contributed by atoms with Crippen LogP contribution in [0.25, 0.3) is 0 Å². The molecular formula is C22H22ClNO3S2. The van der Waals surface area contributed by atoms with Crippen LogP contribution in [-0.4, -0.2) is 22.9 Å². The topological polar surface area (TPSA) is 59.3 Å². The van der Waals surface area contributed by atoms with Crippen LogP contribution in [0, 0.1) is 0 Å². The molecule has 7 heteroatoms. The SMILES string of the molecule is CSc1ccc(CCNC(=O)c2ccc(C[S@@](=O)Cc3ccccc3Cl)o2)cc1. The number of amides is 1. The predicted octanol–water partition coefficient (Wildman–Crippen LogP) is 5.08. The van der Waals surface area contributed by atoms with Gasteiger partial charge in [-0.3, -0.25) is 9.00 Å². The minimum Gasteiger partial charge on any atom is -0.455 e. The Bertz CT molecular complexity index is 986. The van der Waals surface area contributed by atoms with Gasteiger partial charge in [0.05, 0.1) is 11.5 Å². The van der Waals surface area contributed by atoms with E-state index in [0.717, 1.165) is 12.0 Å². The Morgan fingerprint density at radius 1 is 1.07 bits per heavy atom. The lowest BCUT2D eigenvalue weighted by Gasteiger charge is -2.05. The molecule has 3 rings (SSSR count). The lowest BCUT2D eigenvalue weighted by Crippen LogP contribution is -2.25. The Morgan fingerprint density at radius 2 is 1.83 bits per heavy atom. The maximum absolute atomic E-state index is 12.4. The van der Waals surface area contributed by atoms with Gasteiger partial charge in [-0.15, -0.1) is 11.8 Å². The largest absolute Gasteiger partial charge is 0.455 e. The van der Waals surface area contributed by atoms with E-state index in [1.165, 1.54) is 10.5 Å². The van der Waals surface area contributed by atoms with Crippen molar-refractivity contribution in [1.29, 1.82) is 0 Å². The van der Waals surface area contributed by atoms with Gasteiger partial charge in [0.2, 0.25) is 0 Å². The highest BCUT2D eigenvalue weighted by Gasteiger charge is 2.13. The van der Waals surface area contributed by atoms with Crippen molar-refractivity contribution in [2.24, 2.45) is 0 Å². The van der Waals surface area contributed by atoms with Gasteiger partial charge in [-0.1, -0.05) is 41.9 Å². The molecule has 0 aliphatic carbocycles. The lowest BCUT2D eigenvalue weighted by molar-refractivity contribution is 0.0925.